The molecule has 1 aliphatic rings. The molecule has 1 saturated heterocycles. The van der Waals surface area contributed by atoms with Crippen LogP contribution in [0.4, 0.5) is 0 Å². The number of phenols is 1. The highest BCUT2D eigenvalue weighted by Gasteiger charge is 2.23. The number of benzene rings is 1. The quantitative estimate of drug-likeness (QED) is 0.781. The smallest absolute Gasteiger partial charge is 0.340 e. The van der Waals surface area contributed by atoms with Gasteiger partial charge in [-0.1, -0.05) is 18.5 Å². The number of hydrogen-bond acceptors (Lipinski definition) is 5. The van der Waals surface area contributed by atoms with Gasteiger partial charge in [0, 0.05) is 24.0 Å². The van der Waals surface area contributed by atoms with Gasteiger partial charge in [-0.05, 0) is 44.5 Å². The summed E-state index contributed by atoms with van der Waals surface area (Å²) in [7, 11) is 0. The number of likely N-dealkylation sites (N-methyl/N-ethyl adjacent to an activating group) is 1. The monoisotopic (exact) mass is 378 g/mol. The zero-order chi connectivity index (χ0) is 18.8. The molecule has 7 heteroatoms. The van der Waals surface area contributed by atoms with Crippen molar-refractivity contribution in [2.24, 2.45) is 0 Å². The van der Waals surface area contributed by atoms with Crippen LogP contribution >= 0.6 is 11.6 Å². The number of carbonyl (C=O) groups excluding carboxylic acids is 1. The van der Waals surface area contributed by atoms with Crippen LogP contribution in [0.1, 0.15) is 30.9 Å². The standard InChI is InChI=1S/C19H23ClN2O4/c1-3-22-6-4-5-12(22)10-21-18(24)8-14-11(2)13-7-15(20)16(23)9-17(13)26-19(14)25/h7,9,12,23H,3-6,8,10H2,1-2H3,(H,21,24). The minimum atomic E-state index is -0.567. The van der Waals surface area contributed by atoms with Crippen molar-refractivity contribution in [3.63, 3.8) is 0 Å². The van der Waals surface area contributed by atoms with Gasteiger partial charge in [0.1, 0.15) is 11.3 Å². The van der Waals surface area contributed by atoms with Gasteiger partial charge in [0.15, 0.2) is 0 Å². The molecule has 0 spiro atoms. The number of amides is 1. The molecule has 1 unspecified atom stereocenters. The van der Waals surface area contributed by atoms with Gasteiger partial charge < -0.3 is 14.8 Å². The first-order valence-corrected chi connectivity index (χ1v) is 9.24. The molecule has 1 aromatic carbocycles. The summed E-state index contributed by atoms with van der Waals surface area (Å²) in [5.74, 6) is -0.350. The molecule has 1 aromatic heterocycles. The van der Waals surface area contributed by atoms with Crippen molar-refractivity contribution in [1.82, 2.24) is 10.2 Å². The molecule has 1 aliphatic heterocycles. The number of aromatic hydroxyl groups is 1. The summed E-state index contributed by atoms with van der Waals surface area (Å²) in [6.45, 7) is 6.50. The highest BCUT2D eigenvalue weighted by atomic mass is 35.5. The second kappa shape index (κ2) is 7.68. The lowest BCUT2D eigenvalue weighted by Crippen LogP contribution is -2.40. The van der Waals surface area contributed by atoms with E-state index < -0.39 is 5.63 Å². The second-order valence-corrected chi connectivity index (χ2v) is 7.11. The van der Waals surface area contributed by atoms with Gasteiger partial charge in [-0.15, -0.1) is 0 Å². The Bertz CT molecular complexity index is 893. The molecule has 1 fully saturated rings. The van der Waals surface area contributed by atoms with Gasteiger partial charge in [0.2, 0.25) is 5.91 Å². The van der Waals surface area contributed by atoms with Crippen molar-refractivity contribution in [3.05, 3.63) is 38.7 Å². The zero-order valence-corrected chi connectivity index (χ0v) is 15.7. The first kappa shape index (κ1) is 18.7. The van der Waals surface area contributed by atoms with Crippen molar-refractivity contribution >= 4 is 28.5 Å². The van der Waals surface area contributed by atoms with Gasteiger partial charge in [0.05, 0.1) is 17.0 Å². The summed E-state index contributed by atoms with van der Waals surface area (Å²) in [5.41, 5.74) is 0.644. The van der Waals surface area contributed by atoms with E-state index >= 15 is 0 Å². The normalized spacial score (nSPS) is 17.7. The van der Waals surface area contributed by atoms with Gasteiger partial charge in [-0.25, -0.2) is 4.79 Å². The number of phenolic OH excluding ortho intramolecular Hbond substituents is 1. The summed E-state index contributed by atoms with van der Waals surface area (Å²) in [6.07, 6.45) is 2.18. The highest BCUT2D eigenvalue weighted by Crippen LogP contribution is 2.30. The Kier molecular flexibility index (Phi) is 5.53. The first-order valence-electron chi connectivity index (χ1n) is 8.86. The van der Waals surface area contributed by atoms with Crippen molar-refractivity contribution in [2.75, 3.05) is 19.6 Å². The van der Waals surface area contributed by atoms with E-state index in [1.807, 2.05) is 0 Å². The summed E-state index contributed by atoms with van der Waals surface area (Å²) in [6, 6.07) is 3.22. The third-order valence-corrected chi connectivity index (χ3v) is 5.43. The lowest BCUT2D eigenvalue weighted by molar-refractivity contribution is -0.120. The maximum absolute atomic E-state index is 12.3. The Morgan fingerprint density at radius 2 is 2.23 bits per heavy atom. The van der Waals surface area contributed by atoms with Crippen LogP contribution in [0.2, 0.25) is 5.02 Å². The molecule has 26 heavy (non-hydrogen) atoms. The lowest BCUT2D eigenvalue weighted by Gasteiger charge is -2.22. The molecule has 2 aromatic rings. The van der Waals surface area contributed by atoms with Crippen LogP contribution in [-0.2, 0) is 11.2 Å². The third-order valence-electron chi connectivity index (χ3n) is 5.13. The fraction of sp³-hybridized carbons (Fsp3) is 0.474. The summed E-state index contributed by atoms with van der Waals surface area (Å²) < 4.78 is 5.26. The van der Waals surface area contributed by atoms with E-state index in [9.17, 15) is 14.7 Å². The number of aryl methyl sites for hydroxylation is 1. The average molecular weight is 379 g/mol. The Hall–Kier alpha value is -2.05. The van der Waals surface area contributed by atoms with Crippen molar-refractivity contribution in [2.45, 2.75) is 39.2 Å². The Labute approximate surface area is 156 Å². The molecule has 0 saturated carbocycles. The van der Waals surface area contributed by atoms with Crippen LogP contribution in [0.3, 0.4) is 0 Å². The predicted molar refractivity (Wildman–Crippen MR) is 101 cm³/mol. The molecule has 3 rings (SSSR count). The van der Waals surface area contributed by atoms with Gasteiger partial charge in [0.25, 0.3) is 0 Å². The number of halogens is 1. The summed E-state index contributed by atoms with van der Waals surface area (Å²) >= 11 is 5.95. The van der Waals surface area contributed by atoms with Crippen molar-refractivity contribution < 1.29 is 14.3 Å². The van der Waals surface area contributed by atoms with Crippen LogP contribution < -0.4 is 10.9 Å². The number of hydrogen-bond donors (Lipinski definition) is 2. The van der Waals surface area contributed by atoms with Crippen LogP contribution in [0.25, 0.3) is 11.0 Å². The van der Waals surface area contributed by atoms with Crippen LogP contribution in [0, 0.1) is 6.92 Å². The molecule has 6 nitrogen and oxygen atoms in total. The van der Waals surface area contributed by atoms with Gasteiger partial charge in [-0.3, -0.25) is 9.69 Å². The molecule has 0 radical (unpaired) electrons. The third kappa shape index (κ3) is 3.71. The van der Waals surface area contributed by atoms with Crippen molar-refractivity contribution in [1.29, 1.82) is 0 Å². The molecule has 2 N–H and O–H groups in total. The van der Waals surface area contributed by atoms with Gasteiger partial charge in [-0.2, -0.15) is 0 Å². The van der Waals surface area contributed by atoms with Gasteiger partial charge >= 0.3 is 5.63 Å². The number of nitrogens with zero attached hydrogens (tertiary/aromatic N) is 1. The molecule has 1 atom stereocenters. The number of carbonyl (C=O) groups is 1. The Morgan fingerprint density at radius 1 is 1.46 bits per heavy atom. The van der Waals surface area contributed by atoms with E-state index in [0.717, 1.165) is 25.9 Å². The molecule has 0 aliphatic carbocycles. The average Bonchev–Trinajstić information content (AvgIpc) is 3.06. The van der Waals surface area contributed by atoms with Crippen LogP contribution in [-0.4, -0.2) is 41.6 Å². The fourth-order valence-electron chi connectivity index (χ4n) is 3.60. The predicted octanol–water partition coefficient (Wildman–Crippen LogP) is 2.60. The van der Waals surface area contributed by atoms with E-state index in [2.05, 4.69) is 17.1 Å². The van der Waals surface area contributed by atoms with Crippen LogP contribution in [0.5, 0.6) is 5.75 Å². The lowest BCUT2D eigenvalue weighted by atomic mass is 10.0. The minimum absolute atomic E-state index is 0.0402. The topological polar surface area (TPSA) is 82.8 Å². The SMILES string of the molecule is CCN1CCCC1CNC(=O)Cc1c(C)c2cc(Cl)c(O)cc2oc1=O. The molecular formula is C19H23ClN2O4. The number of fused-ring (bicyclic) bond motifs is 1. The van der Waals surface area contributed by atoms with Crippen LogP contribution in [0.15, 0.2) is 21.3 Å². The Morgan fingerprint density at radius 3 is 2.96 bits per heavy atom. The maximum Gasteiger partial charge on any atom is 0.340 e. The van der Waals surface area contributed by atoms with E-state index in [4.69, 9.17) is 16.0 Å². The summed E-state index contributed by atoms with van der Waals surface area (Å²) in [4.78, 5) is 27.0. The van der Waals surface area contributed by atoms with E-state index in [-0.39, 0.29) is 28.7 Å². The maximum atomic E-state index is 12.3. The number of rotatable bonds is 5. The molecule has 1 amide bonds. The largest absolute Gasteiger partial charge is 0.506 e. The van der Waals surface area contributed by atoms with Crippen molar-refractivity contribution in [3.8, 4) is 5.75 Å². The minimum Gasteiger partial charge on any atom is -0.506 e. The zero-order valence-electron chi connectivity index (χ0n) is 15.0. The summed E-state index contributed by atoms with van der Waals surface area (Å²) in [5, 5.41) is 13.4. The van der Waals surface area contributed by atoms with E-state index in [1.165, 1.54) is 6.07 Å². The van der Waals surface area contributed by atoms with E-state index in [0.29, 0.717) is 29.1 Å². The fourth-order valence-corrected chi connectivity index (χ4v) is 3.76. The second-order valence-electron chi connectivity index (χ2n) is 6.70. The number of nitrogens with one attached hydrogen (secondary N) is 1. The van der Waals surface area contributed by atoms with E-state index in [1.54, 1.807) is 13.0 Å². The highest BCUT2D eigenvalue weighted by molar-refractivity contribution is 6.32. The number of likely N-dealkylation sites (tertiary alicyclic amines) is 1. The molecule has 2 heterocycles. The first-order chi connectivity index (χ1) is 12.4. The molecule has 0 bridgehead atoms. The molecular weight excluding hydrogens is 356 g/mol. The Balaban J connectivity index is 1.76. The molecule has 140 valence electrons.